The Morgan fingerprint density at radius 1 is 1.12 bits per heavy atom. The average Bonchev–Trinajstić information content (AvgIpc) is 2.59. The van der Waals surface area contributed by atoms with E-state index in [1.165, 1.54) is 22.3 Å². The Hall–Kier alpha value is -1.81. The fraction of sp³-hybridized carbons (Fsp3) is 0.308. The van der Waals surface area contributed by atoms with Gasteiger partial charge in [-0.1, -0.05) is 17.7 Å². The number of imidazole rings is 1. The summed E-state index contributed by atoms with van der Waals surface area (Å²) >= 11 is 0. The van der Waals surface area contributed by atoms with Gasteiger partial charge in [0.2, 0.25) is 5.95 Å². The first-order chi connectivity index (χ1) is 8.02. The Morgan fingerprint density at radius 3 is 2.18 bits per heavy atom. The first-order valence-electron chi connectivity index (χ1n) is 5.64. The van der Waals surface area contributed by atoms with E-state index in [1.54, 1.807) is 0 Å². The molecule has 1 aromatic heterocycles. The largest absolute Gasteiger partial charge is 0.327 e. The number of hydrogen-bond donors (Lipinski definition) is 3. The van der Waals surface area contributed by atoms with Gasteiger partial charge < -0.3 is 4.98 Å². The van der Waals surface area contributed by atoms with Crippen molar-refractivity contribution in [1.82, 2.24) is 9.97 Å². The predicted octanol–water partition coefficient (Wildman–Crippen LogP) is 2.60. The number of nitrogens with zero attached hydrogens (tertiary/aromatic N) is 1. The molecule has 0 aliphatic carbocycles. The van der Waals surface area contributed by atoms with Crippen molar-refractivity contribution in [1.29, 1.82) is 0 Å². The molecule has 0 saturated carbocycles. The summed E-state index contributed by atoms with van der Waals surface area (Å²) in [6, 6.07) is 4.35. The highest BCUT2D eigenvalue weighted by Gasteiger charge is 2.13. The zero-order valence-corrected chi connectivity index (χ0v) is 10.7. The van der Waals surface area contributed by atoms with E-state index < -0.39 is 0 Å². The number of hydrogen-bond acceptors (Lipinski definition) is 3. The predicted molar refractivity (Wildman–Crippen MR) is 70.8 cm³/mol. The molecule has 4 nitrogen and oxygen atoms in total. The molecule has 1 heterocycles. The number of nitrogen functional groups attached to an aromatic ring is 1. The van der Waals surface area contributed by atoms with Gasteiger partial charge in [0.15, 0.2) is 0 Å². The molecule has 0 fully saturated rings. The number of rotatable bonds is 2. The standard InChI is InChI=1S/C13H18N4/c1-7-5-8(2)11(9(3)6-7)12-10(4)15-13(16-12)17-14/h5-6H,14H2,1-4H3,(H2,15,16,17). The lowest BCUT2D eigenvalue weighted by molar-refractivity contribution is 1.18. The number of H-pyrrole nitrogens is 1. The third-order valence-electron chi connectivity index (χ3n) is 2.94. The molecular formula is C13H18N4. The Morgan fingerprint density at radius 2 is 1.71 bits per heavy atom. The number of benzene rings is 1. The van der Waals surface area contributed by atoms with Crippen molar-refractivity contribution in [3.05, 3.63) is 34.5 Å². The third-order valence-corrected chi connectivity index (χ3v) is 2.94. The monoisotopic (exact) mass is 230 g/mol. The molecule has 0 aliphatic heterocycles. The van der Waals surface area contributed by atoms with Crippen LogP contribution in [0.3, 0.4) is 0 Å². The smallest absolute Gasteiger partial charge is 0.215 e. The van der Waals surface area contributed by atoms with Crippen LogP contribution in [0.5, 0.6) is 0 Å². The van der Waals surface area contributed by atoms with Gasteiger partial charge in [0.05, 0.1) is 5.69 Å². The first kappa shape index (κ1) is 11.7. The van der Waals surface area contributed by atoms with E-state index in [-0.39, 0.29) is 0 Å². The zero-order chi connectivity index (χ0) is 12.6. The summed E-state index contributed by atoms with van der Waals surface area (Å²) < 4.78 is 0. The van der Waals surface area contributed by atoms with Crippen molar-refractivity contribution < 1.29 is 0 Å². The van der Waals surface area contributed by atoms with Crippen LogP contribution in [0.2, 0.25) is 0 Å². The van der Waals surface area contributed by atoms with Crippen molar-refractivity contribution in [2.75, 3.05) is 5.43 Å². The minimum Gasteiger partial charge on any atom is -0.327 e. The minimum absolute atomic E-state index is 0.594. The number of aryl methyl sites for hydroxylation is 4. The molecular weight excluding hydrogens is 212 g/mol. The van der Waals surface area contributed by atoms with Crippen LogP contribution in [0.15, 0.2) is 12.1 Å². The second-order valence-electron chi connectivity index (χ2n) is 4.48. The quantitative estimate of drug-likeness (QED) is 0.548. The lowest BCUT2D eigenvalue weighted by Crippen LogP contribution is -2.08. The molecule has 90 valence electrons. The van der Waals surface area contributed by atoms with Crippen molar-refractivity contribution in [3.8, 4) is 11.3 Å². The zero-order valence-electron chi connectivity index (χ0n) is 10.7. The lowest BCUT2D eigenvalue weighted by atomic mass is 9.97. The SMILES string of the molecule is Cc1cc(C)c(-c2nc(NN)[nH]c2C)c(C)c1. The fourth-order valence-corrected chi connectivity index (χ4v) is 2.33. The molecule has 4 heteroatoms. The van der Waals surface area contributed by atoms with E-state index in [9.17, 15) is 0 Å². The van der Waals surface area contributed by atoms with Gasteiger partial charge in [-0.2, -0.15) is 0 Å². The van der Waals surface area contributed by atoms with Gasteiger partial charge in [-0.15, -0.1) is 0 Å². The maximum absolute atomic E-state index is 5.37. The molecule has 0 spiro atoms. The normalized spacial score (nSPS) is 10.6. The van der Waals surface area contributed by atoms with Crippen LogP contribution in [0.1, 0.15) is 22.4 Å². The second kappa shape index (κ2) is 4.22. The average molecular weight is 230 g/mol. The molecule has 1 aromatic carbocycles. The summed E-state index contributed by atoms with van der Waals surface area (Å²) in [5.41, 5.74) is 9.46. The number of anilines is 1. The molecule has 0 unspecified atom stereocenters. The molecule has 2 aromatic rings. The van der Waals surface area contributed by atoms with Gasteiger partial charge >= 0.3 is 0 Å². The molecule has 0 bridgehead atoms. The Kier molecular flexibility index (Phi) is 2.90. The van der Waals surface area contributed by atoms with Crippen LogP contribution in [0, 0.1) is 27.7 Å². The van der Waals surface area contributed by atoms with Crippen LogP contribution in [-0.4, -0.2) is 9.97 Å². The summed E-state index contributed by atoms with van der Waals surface area (Å²) in [5, 5.41) is 0. The molecule has 0 radical (unpaired) electrons. The summed E-state index contributed by atoms with van der Waals surface area (Å²) in [7, 11) is 0. The summed E-state index contributed by atoms with van der Waals surface area (Å²) in [6.45, 7) is 8.33. The fourth-order valence-electron chi connectivity index (χ4n) is 2.33. The minimum atomic E-state index is 0.594. The number of aromatic amines is 1. The Labute approximate surface area is 101 Å². The molecule has 0 aliphatic rings. The first-order valence-corrected chi connectivity index (χ1v) is 5.64. The van der Waals surface area contributed by atoms with E-state index in [2.05, 4.69) is 48.3 Å². The van der Waals surface area contributed by atoms with E-state index in [4.69, 9.17) is 5.84 Å². The highest BCUT2D eigenvalue weighted by molar-refractivity contribution is 5.71. The molecule has 2 rings (SSSR count). The maximum Gasteiger partial charge on any atom is 0.215 e. The van der Waals surface area contributed by atoms with Crippen LogP contribution in [-0.2, 0) is 0 Å². The van der Waals surface area contributed by atoms with E-state index in [0.29, 0.717) is 5.95 Å². The van der Waals surface area contributed by atoms with Gasteiger partial charge in [0.1, 0.15) is 0 Å². The highest BCUT2D eigenvalue weighted by Crippen LogP contribution is 2.29. The maximum atomic E-state index is 5.37. The van der Waals surface area contributed by atoms with Crippen LogP contribution < -0.4 is 11.3 Å². The van der Waals surface area contributed by atoms with Gasteiger partial charge in [-0.05, 0) is 38.8 Å². The lowest BCUT2D eigenvalue weighted by Gasteiger charge is -2.09. The molecule has 0 saturated heterocycles. The highest BCUT2D eigenvalue weighted by atomic mass is 15.3. The Bertz CT molecular complexity index is 532. The topological polar surface area (TPSA) is 66.7 Å². The van der Waals surface area contributed by atoms with E-state index in [1.807, 2.05) is 6.92 Å². The van der Waals surface area contributed by atoms with Crippen molar-refractivity contribution in [3.63, 3.8) is 0 Å². The molecule has 17 heavy (non-hydrogen) atoms. The second-order valence-corrected chi connectivity index (χ2v) is 4.48. The van der Waals surface area contributed by atoms with Crippen LogP contribution in [0.4, 0.5) is 5.95 Å². The molecule has 4 N–H and O–H groups in total. The summed E-state index contributed by atoms with van der Waals surface area (Å²) in [4.78, 5) is 7.57. The van der Waals surface area contributed by atoms with Crippen molar-refractivity contribution in [2.24, 2.45) is 5.84 Å². The van der Waals surface area contributed by atoms with Crippen molar-refractivity contribution >= 4 is 5.95 Å². The van der Waals surface area contributed by atoms with E-state index >= 15 is 0 Å². The molecule has 0 amide bonds. The van der Waals surface area contributed by atoms with Gasteiger partial charge in [0.25, 0.3) is 0 Å². The summed E-state index contributed by atoms with van der Waals surface area (Å²) in [5.74, 6) is 5.96. The number of nitrogens with two attached hydrogens (primary N) is 1. The molecule has 0 atom stereocenters. The number of hydrazine groups is 1. The van der Waals surface area contributed by atoms with Gasteiger partial charge in [-0.25, -0.2) is 10.8 Å². The van der Waals surface area contributed by atoms with Crippen molar-refractivity contribution in [2.45, 2.75) is 27.7 Å². The van der Waals surface area contributed by atoms with Gasteiger partial charge in [-0.3, -0.25) is 5.43 Å². The van der Waals surface area contributed by atoms with E-state index in [0.717, 1.165) is 11.4 Å². The van der Waals surface area contributed by atoms with Gasteiger partial charge in [0, 0.05) is 11.3 Å². The number of nitrogens with one attached hydrogen (secondary N) is 2. The summed E-state index contributed by atoms with van der Waals surface area (Å²) in [6.07, 6.45) is 0. The van der Waals surface area contributed by atoms with Crippen LogP contribution in [0.25, 0.3) is 11.3 Å². The number of aromatic nitrogens is 2. The third kappa shape index (κ3) is 2.03. The Balaban J connectivity index is 2.63. The van der Waals surface area contributed by atoms with Crippen LogP contribution >= 0.6 is 0 Å².